The van der Waals surface area contributed by atoms with Gasteiger partial charge in [-0.3, -0.25) is 0 Å². The number of rotatable bonds is 5. The smallest absolute Gasteiger partial charge is 0.152 e. The predicted molar refractivity (Wildman–Crippen MR) is 67.7 cm³/mol. The Bertz CT molecular complexity index is 335. The highest BCUT2D eigenvalue weighted by Crippen LogP contribution is 2.34. The lowest BCUT2D eigenvalue weighted by Crippen LogP contribution is -2.17. The maximum absolute atomic E-state index is 9.39. The molecule has 3 nitrogen and oxygen atoms in total. The summed E-state index contributed by atoms with van der Waals surface area (Å²) in [6.07, 6.45) is 0.882. The molecule has 0 aromatic heterocycles. The summed E-state index contributed by atoms with van der Waals surface area (Å²) < 4.78 is 4.98. The van der Waals surface area contributed by atoms with Crippen LogP contribution in [0.3, 0.4) is 0 Å². The Hall–Kier alpha value is -0.640. The van der Waals surface area contributed by atoms with Crippen molar-refractivity contribution in [3.63, 3.8) is 0 Å². The molecule has 0 heterocycles. The zero-order valence-corrected chi connectivity index (χ0v) is 10.8. The van der Waals surface area contributed by atoms with Crippen molar-refractivity contribution >= 4 is 28.9 Å². The van der Waals surface area contributed by atoms with Gasteiger partial charge in [0.25, 0.3) is 0 Å². The van der Waals surface area contributed by atoms with E-state index in [4.69, 9.17) is 27.9 Å². The van der Waals surface area contributed by atoms with Crippen LogP contribution in [0.1, 0.15) is 13.3 Å². The molecule has 1 aromatic rings. The van der Waals surface area contributed by atoms with E-state index >= 15 is 0 Å². The molecule has 1 aromatic carbocycles. The fraction of sp³-hybridized carbons (Fsp3) is 0.455. The van der Waals surface area contributed by atoms with Gasteiger partial charge in [0, 0.05) is 25.4 Å². The molecule has 16 heavy (non-hydrogen) atoms. The summed E-state index contributed by atoms with van der Waals surface area (Å²) in [6, 6.07) is 3.54. The summed E-state index contributed by atoms with van der Waals surface area (Å²) in [5.41, 5.74) is 0.788. The summed E-state index contributed by atoms with van der Waals surface area (Å²) in [7, 11) is 1.67. The molecule has 5 heteroatoms. The summed E-state index contributed by atoms with van der Waals surface area (Å²) >= 11 is 11.6. The SMILES string of the molecule is COCCC(C)Nc1cc(Cl)c(O)c(Cl)c1. The first-order chi connectivity index (χ1) is 7.54. The molecule has 0 saturated heterocycles. The number of benzene rings is 1. The minimum atomic E-state index is -0.0848. The van der Waals surface area contributed by atoms with E-state index in [0.717, 1.165) is 12.1 Å². The largest absolute Gasteiger partial charge is 0.505 e. The van der Waals surface area contributed by atoms with Crippen molar-refractivity contribution in [1.29, 1.82) is 0 Å². The molecule has 0 aliphatic carbocycles. The lowest BCUT2D eigenvalue weighted by atomic mass is 10.2. The topological polar surface area (TPSA) is 41.5 Å². The molecule has 1 unspecified atom stereocenters. The van der Waals surface area contributed by atoms with E-state index in [9.17, 15) is 5.11 Å². The first-order valence-electron chi connectivity index (χ1n) is 4.98. The molecular weight excluding hydrogens is 249 g/mol. The second-order valence-electron chi connectivity index (χ2n) is 3.62. The van der Waals surface area contributed by atoms with Crippen molar-refractivity contribution in [2.24, 2.45) is 0 Å². The summed E-state index contributed by atoms with van der Waals surface area (Å²) in [5.74, 6) is -0.0848. The van der Waals surface area contributed by atoms with Crippen LogP contribution in [0.2, 0.25) is 10.0 Å². The Morgan fingerprint density at radius 2 is 1.94 bits per heavy atom. The minimum absolute atomic E-state index is 0.0848. The number of methoxy groups -OCH3 is 1. The van der Waals surface area contributed by atoms with Crippen LogP contribution in [0.15, 0.2) is 12.1 Å². The molecule has 0 aliphatic heterocycles. The summed E-state index contributed by atoms with van der Waals surface area (Å²) in [5, 5.41) is 13.1. The van der Waals surface area contributed by atoms with Gasteiger partial charge < -0.3 is 15.2 Å². The van der Waals surface area contributed by atoms with Gasteiger partial charge >= 0.3 is 0 Å². The summed E-state index contributed by atoms with van der Waals surface area (Å²) in [4.78, 5) is 0. The zero-order chi connectivity index (χ0) is 12.1. The van der Waals surface area contributed by atoms with Crippen molar-refractivity contribution in [2.45, 2.75) is 19.4 Å². The molecule has 90 valence electrons. The van der Waals surface area contributed by atoms with Gasteiger partial charge in [-0.2, -0.15) is 0 Å². The number of ether oxygens (including phenoxy) is 1. The highest BCUT2D eigenvalue weighted by molar-refractivity contribution is 6.37. The number of hydrogen-bond acceptors (Lipinski definition) is 3. The minimum Gasteiger partial charge on any atom is -0.505 e. The molecule has 1 atom stereocenters. The van der Waals surface area contributed by atoms with E-state index in [2.05, 4.69) is 5.32 Å². The summed E-state index contributed by atoms with van der Waals surface area (Å²) in [6.45, 7) is 2.72. The first kappa shape index (κ1) is 13.4. The Balaban J connectivity index is 2.67. The van der Waals surface area contributed by atoms with E-state index < -0.39 is 0 Å². The molecule has 0 radical (unpaired) electrons. The molecule has 0 bridgehead atoms. The lowest BCUT2D eigenvalue weighted by Gasteiger charge is -2.15. The van der Waals surface area contributed by atoms with E-state index in [-0.39, 0.29) is 21.8 Å². The fourth-order valence-electron chi connectivity index (χ4n) is 1.30. The van der Waals surface area contributed by atoms with Gasteiger partial charge in [0.15, 0.2) is 5.75 Å². The third kappa shape index (κ3) is 3.74. The van der Waals surface area contributed by atoms with Crippen LogP contribution >= 0.6 is 23.2 Å². The van der Waals surface area contributed by atoms with E-state index in [1.54, 1.807) is 19.2 Å². The van der Waals surface area contributed by atoms with Crippen molar-refractivity contribution in [3.8, 4) is 5.75 Å². The van der Waals surface area contributed by atoms with Crippen LogP contribution < -0.4 is 5.32 Å². The number of anilines is 1. The Labute approximate surface area is 105 Å². The van der Waals surface area contributed by atoms with Gasteiger partial charge in [-0.25, -0.2) is 0 Å². The van der Waals surface area contributed by atoms with Crippen LogP contribution in [0, 0.1) is 0 Å². The maximum atomic E-state index is 9.39. The third-order valence-electron chi connectivity index (χ3n) is 2.18. The molecule has 0 fully saturated rings. The molecule has 2 N–H and O–H groups in total. The number of phenolic OH excluding ortho intramolecular Hbond substituents is 1. The Morgan fingerprint density at radius 3 is 2.44 bits per heavy atom. The van der Waals surface area contributed by atoms with Gasteiger partial charge in [-0.1, -0.05) is 23.2 Å². The van der Waals surface area contributed by atoms with Crippen molar-refractivity contribution in [3.05, 3.63) is 22.2 Å². The van der Waals surface area contributed by atoms with Crippen LogP contribution in [-0.4, -0.2) is 24.9 Å². The quantitative estimate of drug-likeness (QED) is 0.799. The number of aromatic hydroxyl groups is 1. The van der Waals surface area contributed by atoms with Crippen molar-refractivity contribution < 1.29 is 9.84 Å². The maximum Gasteiger partial charge on any atom is 0.152 e. The number of nitrogens with one attached hydrogen (secondary N) is 1. The predicted octanol–water partition coefficient (Wildman–Crippen LogP) is 3.54. The molecule has 0 amide bonds. The van der Waals surface area contributed by atoms with Gasteiger partial charge in [-0.15, -0.1) is 0 Å². The molecule has 0 spiro atoms. The van der Waals surface area contributed by atoms with E-state index in [1.165, 1.54) is 0 Å². The van der Waals surface area contributed by atoms with E-state index in [1.807, 2.05) is 6.92 Å². The highest BCUT2D eigenvalue weighted by Gasteiger charge is 2.08. The third-order valence-corrected chi connectivity index (χ3v) is 2.76. The molecule has 1 rings (SSSR count). The normalized spacial score (nSPS) is 12.5. The average Bonchev–Trinajstić information content (AvgIpc) is 2.23. The standard InChI is InChI=1S/C11H15Cl2NO2/c1-7(3-4-16-2)14-8-5-9(12)11(15)10(13)6-8/h5-7,14-15H,3-4H2,1-2H3. The molecular formula is C11H15Cl2NO2. The monoisotopic (exact) mass is 263 g/mol. The number of phenols is 1. The highest BCUT2D eigenvalue weighted by atomic mass is 35.5. The van der Waals surface area contributed by atoms with Gasteiger partial charge in [0.2, 0.25) is 0 Å². The second kappa shape index (κ2) is 6.18. The average molecular weight is 264 g/mol. The van der Waals surface area contributed by atoms with Crippen LogP contribution in [-0.2, 0) is 4.74 Å². The molecule has 0 aliphatic rings. The number of halogens is 2. The van der Waals surface area contributed by atoms with Crippen molar-refractivity contribution in [1.82, 2.24) is 0 Å². The number of hydrogen-bond donors (Lipinski definition) is 2. The second-order valence-corrected chi connectivity index (χ2v) is 4.43. The van der Waals surface area contributed by atoms with Crippen LogP contribution in [0.5, 0.6) is 5.75 Å². The van der Waals surface area contributed by atoms with Crippen molar-refractivity contribution in [2.75, 3.05) is 19.0 Å². The van der Waals surface area contributed by atoms with Crippen LogP contribution in [0.4, 0.5) is 5.69 Å². The zero-order valence-electron chi connectivity index (χ0n) is 9.26. The van der Waals surface area contributed by atoms with Gasteiger partial charge in [-0.05, 0) is 25.5 Å². The van der Waals surface area contributed by atoms with Gasteiger partial charge in [0.1, 0.15) is 0 Å². The molecule has 0 saturated carbocycles. The Morgan fingerprint density at radius 1 is 1.38 bits per heavy atom. The fourth-order valence-corrected chi connectivity index (χ4v) is 1.79. The lowest BCUT2D eigenvalue weighted by molar-refractivity contribution is 0.191. The Kier molecular flexibility index (Phi) is 5.19. The van der Waals surface area contributed by atoms with Gasteiger partial charge in [0.05, 0.1) is 10.0 Å². The first-order valence-corrected chi connectivity index (χ1v) is 5.73. The van der Waals surface area contributed by atoms with E-state index in [0.29, 0.717) is 6.61 Å². The van der Waals surface area contributed by atoms with Crippen LogP contribution in [0.25, 0.3) is 0 Å².